The number of benzene rings is 2. The molecule has 2 aromatic carbocycles. The number of aryl methyl sites for hydroxylation is 1. The molecule has 0 atom stereocenters. The maximum absolute atomic E-state index is 13.3. The molecule has 5 aromatic rings. The molecule has 0 saturated heterocycles. The second-order valence-corrected chi connectivity index (χ2v) is 6.46. The van der Waals surface area contributed by atoms with Gasteiger partial charge in [-0.2, -0.15) is 0 Å². The van der Waals surface area contributed by atoms with E-state index in [1.54, 1.807) is 7.11 Å². The van der Waals surface area contributed by atoms with Crippen LogP contribution in [-0.4, -0.2) is 11.5 Å². The average molecular weight is 343 g/mol. The smallest absolute Gasteiger partial charge is 0.202 e. The first-order valence-corrected chi connectivity index (χ1v) is 8.67. The zero-order chi connectivity index (χ0) is 17.8. The van der Waals surface area contributed by atoms with Crippen LogP contribution in [-0.2, 0) is 6.42 Å². The Kier molecular flexibility index (Phi) is 3.10. The van der Waals surface area contributed by atoms with Gasteiger partial charge < -0.3 is 13.6 Å². The van der Waals surface area contributed by atoms with Gasteiger partial charge in [-0.3, -0.25) is 4.79 Å². The van der Waals surface area contributed by atoms with Crippen molar-refractivity contribution in [1.82, 2.24) is 4.40 Å². The summed E-state index contributed by atoms with van der Waals surface area (Å²) in [6.07, 6.45) is 2.69. The Morgan fingerprint density at radius 2 is 1.88 bits per heavy atom. The molecule has 0 bridgehead atoms. The van der Waals surface area contributed by atoms with E-state index in [1.165, 1.54) is 0 Å². The highest BCUT2D eigenvalue weighted by Crippen LogP contribution is 2.30. The van der Waals surface area contributed by atoms with Gasteiger partial charge in [0.15, 0.2) is 5.58 Å². The molecule has 0 N–H and O–H groups in total. The van der Waals surface area contributed by atoms with Crippen LogP contribution in [0.4, 0.5) is 0 Å². The third-order valence-electron chi connectivity index (χ3n) is 5.08. The SMILES string of the molecule is CCc1cc2c(=O)c3c(cn4c5ccccc5ccc34)oc2cc1OC. The minimum absolute atomic E-state index is 0.00335. The van der Waals surface area contributed by atoms with E-state index in [9.17, 15) is 4.79 Å². The number of nitrogens with zero attached hydrogens (tertiary/aromatic N) is 1. The van der Waals surface area contributed by atoms with Crippen molar-refractivity contribution in [3.63, 3.8) is 0 Å². The van der Waals surface area contributed by atoms with E-state index < -0.39 is 0 Å². The Morgan fingerprint density at radius 3 is 2.69 bits per heavy atom. The first kappa shape index (κ1) is 15.0. The van der Waals surface area contributed by atoms with E-state index in [2.05, 4.69) is 6.07 Å². The number of para-hydroxylation sites is 1. The van der Waals surface area contributed by atoms with Gasteiger partial charge in [-0.15, -0.1) is 0 Å². The molecule has 0 aliphatic rings. The number of fused-ring (bicyclic) bond motifs is 6. The Hall–Kier alpha value is -3.27. The fourth-order valence-corrected chi connectivity index (χ4v) is 3.77. The van der Waals surface area contributed by atoms with E-state index in [1.807, 2.05) is 60.0 Å². The maximum Gasteiger partial charge on any atom is 0.202 e. The van der Waals surface area contributed by atoms with Crippen LogP contribution in [0.15, 0.2) is 63.9 Å². The molecule has 0 fully saturated rings. The summed E-state index contributed by atoms with van der Waals surface area (Å²) >= 11 is 0. The van der Waals surface area contributed by atoms with Gasteiger partial charge in [0.05, 0.1) is 35.1 Å². The van der Waals surface area contributed by atoms with E-state index in [4.69, 9.17) is 9.15 Å². The summed E-state index contributed by atoms with van der Waals surface area (Å²) < 4.78 is 13.6. The van der Waals surface area contributed by atoms with Crippen molar-refractivity contribution in [1.29, 1.82) is 0 Å². The molecule has 0 spiro atoms. The minimum atomic E-state index is -0.00335. The largest absolute Gasteiger partial charge is 0.496 e. The van der Waals surface area contributed by atoms with Crippen molar-refractivity contribution < 1.29 is 9.15 Å². The Balaban J connectivity index is 1.98. The second kappa shape index (κ2) is 5.36. The molecular formula is C22H17NO3. The third kappa shape index (κ3) is 1.93. The van der Waals surface area contributed by atoms with Crippen LogP contribution in [0.2, 0.25) is 0 Å². The first-order valence-electron chi connectivity index (χ1n) is 8.67. The summed E-state index contributed by atoms with van der Waals surface area (Å²) in [7, 11) is 1.63. The summed E-state index contributed by atoms with van der Waals surface area (Å²) in [6, 6.07) is 15.8. The summed E-state index contributed by atoms with van der Waals surface area (Å²) in [6.45, 7) is 2.05. The normalized spacial score (nSPS) is 11.8. The number of aromatic nitrogens is 1. The lowest BCUT2D eigenvalue weighted by atomic mass is 10.1. The summed E-state index contributed by atoms with van der Waals surface area (Å²) in [5, 5.41) is 2.33. The average Bonchev–Trinajstić information content (AvgIpc) is 3.06. The van der Waals surface area contributed by atoms with Gasteiger partial charge in [-0.05, 0) is 35.6 Å². The minimum Gasteiger partial charge on any atom is -0.496 e. The number of methoxy groups -OCH3 is 1. The maximum atomic E-state index is 13.3. The van der Waals surface area contributed by atoms with Gasteiger partial charge in [-0.25, -0.2) is 0 Å². The molecule has 0 unspecified atom stereocenters. The summed E-state index contributed by atoms with van der Waals surface area (Å²) in [5.41, 5.74) is 4.05. The standard InChI is InChI=1S/C22H17NO3/c1-3-13-10-15-19(11-18(13)25-2)26-20-12-23-16-7-5-4-6-14(16)8-9-17(23)21(20)22(15)24/h4-12H,3H2,1-2H3. The van der Waals surface area contributed by atoms with Crippen molar-refractivity contribution in [2.75, 3.05) is 7.11 Å². The third-order valence-corrected chi connectivity index (χ3v) is 5.08. The van der Waals surface area contributed by atoms with Crippen molar-refractivity contribution in [3.05, 3.63) is 70.5 Å². The predicted octanol–water partition coefficient (Wildman–Crippen LogP) is 4.92. The Bertz CT molecular complexity index is 1380. The van der Waals surface area contributed by atoms with E-state index >= 15 is 0 Å². The molecule has 0 aliphatic heterocycles. The molecule has 0 aliphatic carbocycles. The predicted molar refractivity (Wildman–Crippen MR) is 104 cm³/mol. The summed E-state index contributed by atoms with van der Waals surface area (Å²) in [5.74, 6) is 0.747. The molecule has 128 valence electrons. The lowest BCUT2D eigenvalue weighted by molar-refractivity contribution is 0.410. The molecule has 4 heteroatoms. The zero-order valence-corrected chi connectivity index (χ0v) is 14.6. The topological polar surface area (TPSA) is 43.9 Å². The van der Waals surface area contributed by atoms with Gasteiger partial charge >= 0.3 is 0 Å². The van der Waals surface area contributed by atoms with Crippen LogP contribution < -0.4 is 10.2 Å². The number of pyridine rings is 1. The van der Waals surface area contributed by atoms with Gasteiger partial charge in [0.25, 0.3) is 0 Å². The highest BCUT2D eigenvalue weighted by molar-refractivity contribution is 6.02. The van der Waals surface area contributed by atoms with Gasteiger partial charge in [0.2, 0.25) is 5.43 Å². The van der Waals surface area contributed by atoms with E-state index in [0.29, 0.717) is 21.9 Å². The number of hydrogen-bond donors (Lipinski definition) is 0. The lowest BCUT2D eigenvalue weighted by Crippen LogP contribution is -2.03. The molecule has 0 saturated carbocycles. The summed E-state index contributed by atoms with van der Waals surface area (Å²) in [4.78, 5) is 13.3. The van der Waals surface area contributed by atoms with Crippen LogP contribution in [0.1, 0.15) is 12.5 Å². The van der Waals surface area contributed by atoms with Crippen LogP contribution in [0.5, 0.6) is 5.75 Å². The fourth-order valence-electron chi connectivity index (χ4n) is 3.77. The Morgan fingerprint density at radius 1 is 1.04 bits per heavy atom. The zero-order valence-electron chi connectivity index (χ0n) is 14.6. The highest BCUT2D eigenvalue weighted by atomic mass is 16.5. The van der Waals surface area contributed by atoms with Crippen LogP contribution >= 0.6 is 0 Å². The molecular weight excluding hydrogens is 326 g/mol. The monoisotopic (exact) mass is 343 g/mol. The van der Waals surface area contributed by atoms with Crippen molar-refractivity contribution in [3.8, 4) is 5.75 Å². The van der Waals surface area contributed by atoms with Crippen LogP contribution in [0.3, 0.4) is 0 Å². The van der Waals surface area contributed by atoms with Crippen LogP contribution in [0.25, 0.3) is 38.4 Å². The number of ether oxygens (including phenoxy) is 1. The number of rotatable bonds is 2. The number of hydrogen-bond acceptors (Lipinski definition) is 3. The van der Waals surface area contributed by atoms with Gasteiger partial charge in [0, 0.05) is 6.07 Å². The lowest BCUT2D eigenvalue weighted by Gasteiger charge is -2.08. The quantitative estimate of drug-likeness (QED) is 0.457. The van der Waals surface area contributed by atoms with Crippen molar-refractivity contribution in [2.24, 2.45) is 0 Å². The molecule has 3 heterocycles. The van der Waals surface area contributed by atoms with Crippen molar-refractivity contribution >= 4 is 38.4 Å². The molecule has 3 aromatic heterocycles. The van der Waals surface area contributed by atoms with E-state index in [0.717, 1.165) is 34.2 Å². The molecule has 5 rings (SSSR count). The molecule has 0 amide bonds. The van der Waals surface area contributed by atoms with Gasteiger partial charge in [-0.1, -0.05) is 31.2 Å². The fraction of sp³-hybridized carbons (Fsp3) is 0.136. The molecule has 4 nitrogen and oxygen atoms in total. The highest BCUT2D eigenvalue weighted by Gasteiger charge is 2.16. The second-order valence-electron chi connectivity index (χ2n) is 6.46. The molecule has 0 radical (unpaired) electrons. The Labute approximate surface area is 149 Å². The van der Waals surface area contributed by atoms with Crippen LogP contribution in [0, 0.1) is 0 Å². The first-order chi connectivity index (χ1) is 12.7. The van der Waals surface area contributed by atoms with E-state index in [-0.39, 0.29) is 5.43 Å². The van der Waals surface area contributed by atoms with Crippen molar-refractivity contribution in [2.45, 2.75) is 13.3 Å². The molecule has 26 heavy (non-hydrogen) atoms. The van der Waals surface area contributed by atoms with Gasteiger partial charge in [0.1, 0.15) is 11.3 Å².